The number of hydrogen-bond acceptors (Lipinski definition) is 1. The first-order chi connectivity index (χ1) is 9.65. The molecule has 4 heteroatoms. The summed E-state index contributed by atoms with van der Waals surface area (Å²) in [6, 6.07) is 13.0. The van der Waals surface area contributed by atoms with Crippen LogP contribution in [0.4, 0.5) is 4.39 Å². The van der Waals surface area contributed by atoms with E-state index in [1.807, 2.05) is 31.2 Å². The van der Waals surface area contributed by atoms with Crippen molar-refractivity contribution in [2.24, 2.45) is 0 Å². The van der Waals surface area contributed by atoms with Crippen LogP contribution in [0.3, 0.4) is 0 Å². The second-order valence-corrected chi connectivity index (χ2v) is 5.31. The molecule has 3 aromatic rings. The molecule has 0 unspecified atom stereocenters. The van der Waals surface area contributed by atoms with E-state index in [1.165, 1.54) is 6.07 Å². The maximum absolute atomic E-state index is 13.1. The third-order valence-electron chi connectivity index (χ3n) is 3.59. The highest BCUT2D eigenvalue weighted by atomic mass is 32.1. The van der Waals surface area contributed by atoms with Crippen molar-refractivity contribution in [2.45, 2.75) is 19.9 Å². The van der Waals surface area contributed by atoms with E-state index in [0.717, 1.165) is 39.9 Å². The number of imidazole rings is 1. The van der Waals surface area contributed by atoms with E-state index in [0.29, 0.717) is 0 Å². The molecule has 0 radical (unpaired) electrons. The molecule has 1 aromatic heterocycles. The molecule has 2 nitrogen and oxygen atoms in total. The van der Waals surface area contributed by atoms with E-state index in [-0.39, 0.29) is 5.82 Å². The average molecular weight is 286 g/mol. The first kappa shape index (κ1) is 13.1. The molecule has 0 saturated heterocycles. The first-order valence-corrected chi connectivity index (χ1v) is 6.98. The van der Waals surface area contributed by atoms with Crippen molar-refractivity contribution in [1.29, 1.82) is 0 Å². The summed E-state index contributed by atoms with van der Waals surface area (Å²) in [5.74, 6) is -0.185. The van der Waals surface area contributed by atoms with Crippen molar-refractivity contribution in [3.63, 3.8) is 0 Å². The van der Waals surface area contributed by atoms with Crippen LogP contribution in [0.15, 0.2) is 42.5 Å². The molecule has 0 aliphatic rings. The number of rotatable bonds is 3. The van der Waals surface area contributed by atoms with Crippen molar-refractivity contribution in [2.75, 3.05) is 0 Å². The molecule has 0 atom stereocenters. The minimum atomic E-state index is -0.185. The lowest BCUT2D eigenvalue weighted by Crippen LogP contribution is -2.02. The predicted octanol–water partition coefficient (Wildman–Crippen LogP) is 4.39. The number of aromatic nitrogens is 2. The SMILES string of the molecule is Cc1cc(F)ccc1CCn1c(=S)[nH]c2ccccc21. The van der Waals surface area contributed by atoms with Crippen LogP contribution in [0.2, 0.25) is 0 Å². The Balaban J connectivity index is 1.90. The van der Waals surface area contributed by atoms with Gasteiger partial charge in [-0.15, -0.1) is 0 Å². The Bertz CT molecular complexity index is 817. The molecule has 0 aliphatic carbocycles. The molecular formula is C16H15FN2S. The van der Waals surface area contributed by atoms with Crippen molar-refractivity contribution >= 4 is 23.3 Å². The number of nitrogens with zero attached hydrogens (tertiary/aromatic N) is 1. The molecule has 0 fully saturated rings. The molecule has 102 valence electrons. The average Bonchev–Trinajstić information content (AvgIpc) is 2.74. The number of nitrogens with one attached hydrogen (secondary N) is 1. The van der Waals surface area contributed by atoms with Gasteiger partial charge in [-0.2, -0.15) is 0 Å². The van der Waals surface area contributed by atoms with Gasteiger partial charge in [-0.1, -0.05) is 18.2 Å². The van der Waals surface area contributed by atoms with E-state index in [1.54, 1.807) is 6.07 Å². The summed E-state index contributed by atoms with van der Waals surface area (Å²) in [5.41, 5.74) is 4.29. The number of aryl methyl sites for hydroxylation is 3. The number of aromatic amines is 1. The Kier molecular flexibility index (Phi) is 3.40. The van der Waals surface area contributed by atoms with Crippen molar-refractivity contribution < 1.29 is 4.39 Å². The molecule has 0 spiro atoms. The van der Waals surface area contributed by atoms with Gasteiger partial charge in [0.05, 0.1) is 11.0 Å². The fourth-order valence-corrected chi connectivity index (χ4v) is 2.80. The molecular weight excluding hydrogens is 271 g/mol. The van der Waals surface area contributed by atoms with E-state index < -0.39 is 0 Å². The molecule has 20 heavy (non-hydrogen) atoms. The highest BCUT2D eigenvalue weighted by Gasteiger charge is 2.05. The van der Waals surface area contributed by atoms with Crippen molar-refractivity contribution in [3.8, 4) is 0 Å². The minimum Gasteiger partial charge on any atom is -0.331 e. The number of hydrogen-bond donors (Lipinski definition) is 1. The van der Waals surface area contributed by atoms with E-state index in [9.17, 15) is 4.39 Å². The van der Waals surface area contributed by atoms with Gasteiger partial charge in [0.2, 0.25) is 0 Å². The summed E-state index contributed by atoms with van der Waals surface area (Å²) in [6.07, 6.45) is 0.836. The van der Waals surface area contributed by atoms with E-state index in [4.69, 9.17) is 12.2 Å². The zero-order valence-electron chi connectivity index (χ0n) is 11.2. The van der Waals surface area contributed by atoms with Crippen LogP contribution in [0, 0.1) is 17.5 Å². The predicted molar refractivity (Wildman–Crippen MR) is 82.0 cm³/mol. The van der Waals surface area contributed by atoms with Gasteiger partial charge in [-0.25, -0.2) is 4.39 Å². The Morgan fingerprint density at radius 3 is 2.80 bits per heavy atom. The van der Waals surface area contributed by atoms with Crippen LogP contribution < -0.4 is 0 Å². The van der Waals surface area contributed by atoms with Gasteiger partial charge in [0, 0.05) is 6.54 Å². The lowest BCUT2D eigenvalue weighted by Gasteiger charge is -2.08. The number of para-hydroxylation sites is 2. The van der Waals surface area contributed by atoms with E-state index in [2.05, 4.69) is 15.6 Å². The van der Waals surface area contributed by atoms with Gasteiger partial charge in [0.15, 0.2) is 4.77 Å². The summed E-state index contributed by atoms with van der Waals surface area (Å²) >= 11 is 5.37. The first-order valence-electron chi connectivity index (χ1n) is 6.58. The van der Waals surface area contributed by atoms with Crippen LogP contribution in [-0.2, 0) is 13.0 Å². The molecule has 2 aromatic carbocycles. The van der Waals surface area contributed by atoms with Crippen LogP contribution in [0.25, 0.3) is 11.0 Å². The molecule has 1 heterocycles. The number of H-pyrrole nitrogens is 1. The molecule has 0 aliphatic heterocycles. The summed E-state index contributed by atoms with van der Waals surface area (Å²) < 4.78 is 15.9. The minimum absolute atomic E-state index is 0.185. The summed E-state index contributed by atoms with van der Waals surface area (Å²) in [5, 5.41) is 0. The monoisotopic (exact) mass is 286 g/mol. The fraction of sp³-hybridized carbons (Fsp3) is 0.188. The summed E-state index contributed by atoms with van der Waals surface area (Å²) in [6.45, 7) is 2.72. The third kappa shape index (κ3) is 2.39. The Labute approximate surface area is 121 Å². The van der Waals surface area contributed by atoms with Crippen LogP contribution in [0.5, 0.6) is 0 Å². The number of fused-ring (bicyclic) bond motifs is 1. The summed E-state index contributed by atoms with van der Waals surface area (Å²) in [7, 11) is 0. The summed E-state index contributed by atoms with van der Waals surface area (Å²) in [4.78, 5) is 3.20. The molecule has 0 saturated carbocycles. The van der Waals surface area contributed by atoms with Gasteiger partial charge in [0.25, 0.3) is 0 Å². The van der Waals surface area contributed by atoms with Crippen LogP contribution in [-0.4, -0.2) is 9.55 Å². The quantitative estimate of drug-likeness (QED) is 0.708. The highest BCUT2D eigenvalue weighted by molar-refractivity contribution is 7.71. The molecule has 3 rings (SSSR count). The van der Waals surface area contributed by atoms with Gasteiger partial charge >= 0.3 is 0 Å². The second kappa shape index (κ2) is 5.21. The molecule has 0 bridgehead atoms. The smallest absolute Gasteiger partial charge is 0.178 e. The molecule has 0 amide bonds. The van der Waals surface area contributed by atoms with Crippen molar-refractivity contribution in [3.05, 3.63) is 64.2 Å². The Morgan fingerprint density at radius 2 is 2.00 bits per heavy atom. The zero-order valence-corrected chi connectivity index (χ0v) is 12.0. The maximum Gasteiger partial charge on any atom is 0.178 e. The van der Waals surface area contributed by atoms with Gasteiger partial charge < -0.3 is 9.55 Å². The third-order valence-corrected chi connectivity index (χ3v) is 3.91. The van der Waals surface area contributed by atoms with Crippen molar-refractivity contribution in [1.82, 2.24) is 9.55 Å². The fourth-order valence-electron chi connectivity index (χ4n) is 2.50. The topological polar surface area (TPSA) is 20.7 Å². The zero-order chi connectivity index (χ0) is 14.1. The van der Waals surface area contributed by atoms with Crippen LogP contribution >= 0.6 is 12.2 Å². The van der Waals surface area contributed by atoms with Crippen LogP contribution in [0.1, 0.15) is 11.1 Å². The molecule has 1 N–H and O–H groups in total. The standard InChI is InChI=1S/C16H15FN2S/c1-11-10-13(17)7-6-12(11)8-9-19-15-5-3-2-4-14(15)18-16(19)20/h2-7,10H,8-9H2,1H3,(H,18,20). The Morgan fingerprint density at radius 1 is 1.20 bits per heavy atom. The van der Waals surface area contributed by atoms with Gasteiger partial charge in [0.1, 0.15) is 5.82 Å². The Hall–Kier alpha value is -1.94. The lowest BCUT2D eigenvalue weighted by atomic mass is 10.1. The number of benzene rings is 2. The lowest BCUT2D eigenvalue weighted by molar-refractivity contribution is 0.624. The number of halogens is 1. The van der Waals surface area contributed by atoms with E-state index >= 15 is 0 Å². The largest absolute Gasteiger partial charge is 0.331 e. The maximum atomic E-state index is 13.1. The normalized spacial score (nSPS) is 11.1. The van der Waals surface area contributed by atoms with Gasteiger partial charge in [-0.05, 0) is 61.0 Å². The van der Waals surface area contributed by atoms with Gasteiger partial charge in [-0.3, -0.25) is 0 Å². The second-order valence-electron chi connectivity index (χ2n) is 4.92. The highest BCUT2D eigenvalue weighted by Crippen LogP contribution is 2.16.